The molecule has 0 fully saturated rings. The molecule has 0 aliphatic rings. The van der Waals surface area contributed by atoms with Gasteiger partial charge >= 0.3 is 0 Å². The van der Waals surface area contributed by atoms with Crippen molar-refractivity contribution in [1.82, 2.24) is 14.5 Å². The van der Waals surface area contributed by atoms with Crippen LogP contribution in [0.5, 0.6) is 17.4 Å². The van der Waals surface area contributed by atoms with E-state index < -0.39 is 0 Å². The summed E-state index contributed by atoms with van der Waals surface area (Å²) in [5.41, 5.74) is 14.4. The van der Waals surface area contributed by atoms with Crippen LogP contribution in [0.4, 0.5) is 5.82 Å². The number of halogens is 1. The van der Waals surface area contributed by atoms with E-state index in [1.165, 1.54) is 0 Å². The largest absolute Gasteiger partial charge is 0.494 e. The molecule has 0 aliphatic carbocycles. The van der Waals surface area contributed by atoms with Gasteiger partial charge in [0.05, 0.1) is 26.5 Å². The summed E-state index contributed by atoms with van der Waals surface area (Å²) >= 11 is 6.13. The minimum absolute atomic E-state index is 0.0966. The molecule has 4 N–H and O–H groups in total. The smallest absolute Gasteiger partial charge is 0.213 e. The van der Waals surface area contributed by atoms with Crippen LogP contribution in [0.1, 0.15) is 19.5 Å². The number of aromatic nitrogens is 3. The van der Waals surface area contributed by atoms with Gasteiger partial charge in [-0.1, -0.05) is 23.7 Å². The number of nitrogens with zero attached hydrogens (tertiary/aromatic N) is 3. The molecule has 0 radical (unpaired) electrons. The molecule has 3 rings (SSSR count). The Balaban J connectivity index is 2.42. The van der Waals surface area contributed by atoms with Crippen molar-refractivity contribution >= 4 is 23.0 Å². The molecule has 0 unspecified atom stereocenters. The minimum atomic E-state index is 0.0966. The van der Waals surface area contributed by atoms with Crippen LogP contribution >= 0.6 is 11.6 Å². The average molecular weight is 430 g/mol. The van der Waals surface area contributed by atoms with Crippen molar-refractivity contribution in [2.75, 3.05) is 26.6 Å². The molecule has 0 saturated heterocycles. The Hall–Kier alpha value is -3.39. The standard InChI is InChI=1S/C21H24ClN5O3/c1-5-30-16-11-6-8-13(25-16)21-26-20(24)17(12(2)19(22)23)27(21)18-14(28-3)9-7-10-15(18)29-4/h6-11H,5,23-24H2,1-4H3/b19-12-. The van der Waals surface area contributed by atoms with Crippen molar-refractivity contribution in [2.45, 2.75) is 13.8 Å². The first-order chi connectivity index (χ1) is 14.4. The monoisotopic (exact) mass is 429 g/mol. The summed E-state index contributed by atoms with van der Waals surface area (Å²) in [7, 11) is 3.15. The zero-order valence-corrected chi connectivity index (χ0v) is 18.0. The van der Waals surface area contributed by atoms with Gasteiger partial charge in [0.15, 0.2) is 11.6 Å². The summed E-state index contributed by atoms with van der Waals surface area (Å²) in [6.45, 7) is 4.15. The van der Waals surface area contributed by atoms with E-state index in [9.17, 15) is 0 Å². The molecule has 8 nitrogen and oxygen atoms in total. The van der Waals surface area contributed by atoms with Crippen LogP contribution in [0.25, 0.3) is 22.8 Å². The number of hydrogen-bond donors (Lipinski definition) is 2. The highest BCUT2D eigenvalue weighted by Crippen LogP contribution is 2.40. The molecule has 0 aliphatic heterocycles. The van der Waals surface area contributed by atoms with Crippen LogP contribution < -0.4 is 25.7 Å². The van der Waals surface area contributed by atoms with Gasteiger partial charge in [0.25, 0.3) is 0 Å². The second-order valence-corrected chi connectivity index (χ2v) is 6.69. The summed E-state index contributed by atoms with van der Waals surface area (Å²) in [4.78, 5) is 9.14. The van der Waals surface area contributed by atoms with Crippen molar-refractivity contribution in [3.05, 3.63) is 47.2 Å². The molecule has 0 bridgehead atoms. The Kier molecular flexibility index (Phi) is 6.37. The van der Waals surface area contributed by atoms with E-state index in [1.54, 1.807) is 31.8 Å². The lowest BCUT2D eigenvalue weighted by atomic mass is 10.2. The van der Waals surface area contributed by atoms with Crippen LogP contribution in [-0.2, 0) is 0 Å². The Morgan fingerprint density at radius 3 is 2.27 bits per heavy atom. The van der Waals surface area contributed by atoms with Crippen LogP contribution in [0.15, 0.2) is 41.6 Å². The molecular formula is C21H24ClN5O3. The van der Waals surface area contributed by atoms with Gasteiger partial charge in [-0.3, -0.25) is 4.57 Å². The molecule has 158 valence electrons. The highest BCUT2D eigenvalue weighted by atomic mass is 35.5. The minimum Gasteiger partial charge on any atom is -0.494 e. The van der Waals surface area contributed by atoms with Gasteiger partial charge in [0.1, 0.15) is 28.0 Å². The Morgan fingerprint density at radius 1 is 1.07 bits per heavy atom. The Bertz CT molecular complexity index is 1070. The number of ether oxygens (including phenoxy) is 3. The van der Waals surface area contributed by atoms with Gasteiger partial charge < -0.3 is 25.7 Å². The predicted molar refractivity (Wildman–Crippen MR) is 118 cm³/mol. The number of para-hydroxylation sites is 1. The second kappa shape index (κ2) is 8.96. The van der Waals surface area contributed by atoms with E-state index in [0.717, 1.165) is 0 Å². The van der Waals surface area contributed by atoms with Crippen molar-refractivity contribution in [3.63, 3.8) is 0 Å². The third-order valence-electron chi connectivity index (χ3n) is 4.49. The number of allylic oxidation sites excluding steroid dienone is 1. The number of imidazole rings is 1. The lowest BCUT2D eigenvalue weighted by molar-refractivity contribution is 0.327. The van der Waals surface area contributed by atoms with E-state index >= 15 is 0 Å². The van der Waals surface area contributed by atoms with Crippen molar-refractivity contribution in [2.24, 2.45) is 5.73 Å². The molecule has 3 aromatic rings. The number of pyridine rings is 1. The summed E-state index contributed by atoms with van der Waals surface area (Å²) in [5.74, 6) is 2.28. The fourth-order valence-corrected chi connectivity index (χ4v) is 3.21. The van der Waals surface area contributed by atoms with Crippen molar-refractivity contribution < 1.29 is 14.2 Å². The molecular weight excluding hydrogens is 406 g/mol. The number of hydrogen-bond acceptors (Lipinski definition) is 7. The van der Waals surface area contributed by atoms with Gasteiger partial charge in [-0.15, -0.1) is 0 Å². The fourth-order valence-electron chi connectivity index (χ4n) is 3.12. The maximum atomic E-state index is 6.31. The van der Waals surface area contributed by atoms with Crippen LogP contribution in [-0.4, -0.2) is 35.4 Å². The zero-order chi connectivity index (χ0) is 21.8. The zero-order valence-electron chi connectivity index (χ0n) is 17.3. The highest BCUT2D eigenvalue weighted by Gasteiger charge is 2.26. The first-order valence-electron chi connectivity index (χ1n) is 9.24. The molecule has 0 spiro atoms. The Morgan fingerprint density at radius 2 is 1.70 bits per heavy atom. The predicted octanol–water partition coefficient (Wildman–Crippen LogP) is 3.82. The lowest BCUT2D eigenvalue weighted by Crippen LogP contribution is -2.09. The van der Waals surface area contributed by atoms with Gasteiger partial charge in [-0.2, -0.15) is 0 Å². The normalized spacial score (nSPS) is 11.8. The van der Waals surface area contributed by atoms with Crippen LogP contribution in [0, 0.1) is 0 Å². The molecule has 9 heteroatoms. The van der Waals surface area contributed by atoms with Gasteiger partial charge in [-0.05, 0) is 32.0 Å². The molecule has 0 amide bonds. The molecule has 2 aromatic heterocycles. The van der Waals surface area contributed by atoms with Crippen molar-refractivity contribution in [1.29, 1.82) is 0 Å². The SMILES string of the molecule is CCOc1cccc(-c2nc(N)c(/C(C)=C(\N)Cl)n2-c2c(OC)cccc2OC)n1. The van der Waals surface area contributed by atoms with Gasteiger partial charge in [0.2, 0.25) is 5.88 Å². The molecule has 30 heavy (non-hydrogen) atoms. The third kappa shape index (κ3) is 3.86. The van der Waals surface area contributed by atoms with Gasteiger partial charge in [-0.25, -0.2) is 9.97 Å². The molecule has 2 heterocycles. The van der Waals surface area contributed by atoms with E-state index in [1.807, 2.05) is 37.3 Å². The number of anilines is 1. The Labute approximate surface area is 180 Å². The van der Waals surface area contributed by atoms with E-state index in [2.05, 4.69) is 9.97 Å². The number of nitrogen functional groups attached to an aromatic ring is 1. The third-order valence-corrected chi connectivity index (χ3v) is 4.77. The number of benzene rings is 1. The summed E-state index contributed by atoms with van der Waals surface area (Å²) < 4.78 is 18.5. The topological polar surface area (TPSA) is 110 Å². The van der Waals surface area contributed by atoms with Crippen molar-refractivity contribution in [3.8, 4) is 34.6 Å². The fraction of sp³-hybridized carbons (Fsp3) is 0.238. The quantitative estimate of drug-likeness (QED) is 0.549. The van der Waals surface area contributed by atoms with Crippen LogP contribution in [0.3, 0.4) is 0 Å². The second-order valence-electron chi connectivity index (χ2n) is 6.28. The van der Waals surface area contributed by atoms with E-state index in [-0.39, 0.29) is 11.0 Å². The first-order valence-corrected chi connectivity index (χ1v) is 9.62. The first kappa shape index (κ1) is 21.3. The summed E-state index contributed by atoms with van der Waals surface area (Å²) in [6.07, 6.45) is 0. The van der Waals surface area contributed by atoms with E-state index in [4.69, 9.17) is 37.3 Å². The maximum absolute atomic E-state index is 6.31. The number of nitrogens with two attached hydrogens (primary N) is 2. The summed E-state index contributed by atoms with van der Waals surface area (Å²) in [6, 6.07) is 10.9. The maximum Gasteiger partial charge on any atom is 0.213 e. The highest BCUT2D eigenvalue weighted by molar-refractivity contribution is 6.32. The van der Waals surface area contributed by atoms with Gasteiger partial charge in [0, 0.05) is 11.6 Å². The van der Waals surface area contributed by atoms with Crippen LogP contribution in [0.2, 0.25) is 0 Å². The average Bonchev–Trinajstić information content (AvgIpc) is 3.09. The number of rotatable bonds is 7. The molecule has 0 saturated carbocycles. The molecule has 1 aromatic carbocycles. The molecule has 0 atom stereocenters. The summed E-state index contributed by atoms with van der Waals surface area (Å²) in [5, 5.41) is 0.0966. The lowest BCUT2D eigenvalue weighted by Gasteiger charge is -2.18. The van der Waals surface area contributed by atoms with E-state index in [0.29, 0.717) is 52.5 Å². The number of methoxy groups -OCH3 is 2.